The fourth-order valence-corrected chi connectivity index (χ4v) is 2.36. The maximum absolute atomic E-state index is 12.7. The number of carbonyl (C=O) groups is 1. The normalized spacial score (nSPS) is 23.4. The first kappa shape index (κ1) is 14.8. The molecular weight excluding hydrogens is 276 g/mol. The van der Waals surface area contributed by atoms with Gasteiger partial charge in [0.1, 0.15) is 11.6 Å². The average molecular weight is 290 g/mol. The summed E-state index contributed by atoms with van der Waals surface area (Å²) >= 11 is 0. The van der Waals surface area contributed by atoms with Crippen LogP contribution in [0.3, 0.4) is 0 Å². The highest BCUT2D eigenvalue weighted by atomic mass is 19.4. The van der Waals surface area contributed by atoms with Crippen LogP contribution in [0.2, 0.25) is 0 Å². The Labute approximate surface area is 113 Å². The average Bonchev–Trinajstić information content (AvgIpc) is 2.40. The summed E-state index contributed by atoms with van der Waals surface area (Å²) in [7, 11) is 0. The molecule has 1 aliphatic carbocycles. The van der Waals surface area contributed by atoms with Crippen LogP contribution in [0.4, 0.5) is 17.6 Å². The minimum absolute atomic E-state index is 0.0489. The lowest BCUT2D eigenvalue weighted by Crippen LogP contribution is -2.31. The van der Waals surface area contributed by atoms with Gasteiger partial charge in [-0.2, -0.15) is 13.2 Å². The number of halogens is 4. The molecule has 2 rings (SSSR count). The van der Waals surface area contributed by atoms with Gasteiger partial charge in [-0.25, -0.2) is 4.39 Å². The molecule has 20 heavy (non-hydrogen) atoms. The van der Waals surface area contributed by atoms with Crippen molar-refractivity contribution < 1.29 is 27.1 Å². The topological polar surface area (TPSA) is 26.3 Å². The van der Waals surface area contributed by atoms with E-state index in [0.717, 1.165) is 12.1 Å². The number of rotatable bonds is 2. The van der Waals surface area contributed by atoms with E-state index in [4.69, 9.17) is 4.74 Å². The summed E-state index contributed by atoms with van der Waals surface area (Å²) in [5.41, 5.74) is 0. The fraction of sp³-hybridized carbons (Fsp3) is 0.500. The van der Waals surface area contributed by atoms with Gasteiger partial charge in [-0.1, -0.05) is 0 Å². The molecule has 1 aromatic rings. The molecule has 0 atom stereocenters. The summed E-state index contributed by atoms with van der Waals surface area (Å²) in [6.07, 6.45) is -3.94. The first-order chi connectivity index (χ1) is 9.36. The molecule has 0 unspecified atom stereocenters. The van der Waals surface area contributed by atoms with Crippen LogP contribution in [0, 0.1) is 17.7 Å². The molecule has 0 bridgehead atoms. The summed E-state index contributed by atoms with van der Waals surface area (Å²) < 4.78 is 55.2. The third-order valence-corrected chi connectivity index (χ3v) is 3.56. The second-order valence-corrected chi connectivity index (χ2v) is 4.97. The molecule has 0 radical (unpaired) electrons. The Balaban J connectivity index is 1.87. The Morgan fingerprint density at radius 1 is 1.05 bits per heavy atom. The molecule has 2 nitrogen and oxygen atoms in total. The van der Waals surface area contributed by atoms with E-state index in [0.29, 0.717) is 0 Å². The third-order valence-electron chi connectivity index (χ3n) is 3.56. The van der Waals surface area contributed by atoms with Crippen molar-refractivity contribution in [3.05, 3.63) is 30.1 Å². The molecule has 0 spiro atoms. The van der Waals surface area contributed by atoms with Gasteiger partial charge in [0.2, 0.25) is 0 Å². The predicted molar refractivity (Wildman–Crippen MR) is 63.5 cm³/mol. The standard InChI is InChI=1S/C14H14F4O2/c15-11-5-7-12(8-6-11)20-13(19)9-1-3-10(4-2-9)14(16,17)18/h5-10H,1-4H2/t9-,10-. The SMILES string of the molecule is O=C(Oc1ccc(F)cc1)[C@H]1CC[C@H](C(F)(F)F)CC1. The van der Waals surface area contributed by atoms with Crippen molar-refractivity contribution in [1.82, 2.24) is 0 Å². The number of carbonyl (C=O) groups excluding carboxylic acids is 1. The first-order valence-corrected chi connectivity index (χ1v) is 6.40. The maximum atomic E-state index is 12.7. The van der Waals surface area contributed by atoms with Gasteiger partial charge >= 0.3 is 12.1 Å². The van der Waals surface area contributed by atoms with E-state index in [1.807, 2.05) is 0 Å². The summed E-state index contributed by atoms with van der Waals surface area (Å²) in [6.45, 7) is 0. The Morgan fingerprint density at radius 3 is 2.10 bits per heavy atom. The second kappa shape index (κ2) is 5.81. The molecular formula is C14H14F4O2. The van der Waals surface area contributed by atoms with Gasteiger partial charge in [0.25, 0.3) is 0 Å². The van der Waals surface area contributed by atoms with Crippen LogP contribution in [-0.4, -0.2) is 12.1 Å². The van der Waals surface area contributed by atoms with E-state index in [1.54, 1.807) is 0 Å². The molecule has 0 amide bonds. The van der Waals surface area contributed by atoms with Crippen molar-refractivity contribution in [3.63, 3.8) is 0 Å². The first-order valence-electron chi connectivity index (χ1n) is 6.40. The highest BCUT2D eigenvalue weighted by molar-refractivity contribution is 5.75. The van der Waals surface area contributed by atoms with Crippen molar-refractivity contribution in [2.45, 2.75) is 31.9 Å². The summed E-state index contributed by atoms with van der Waals surface area (Å²) in [6, 6.07) is 4.94. The Morgan fingerprint density at radius 2 is 1.60 bits per heavy atom. The van der Waals surface area contributed by atoms with Gasteiger partial charge in [0.05, 0.1) is 11.8 Å². The number of alkyl halides is 3. The quantitative estimate of drug-likeness (QED) is 0.465. The number of esters is 1. The zero-order valence-corrected chi connectivity index (χ0v) is 10.6. The lowest BCUT2D eigenvalue weighted by Gasteiger charge is -2.28. The minimum atomic E-state index is -4.19. The zero-order chi connectivity index (χ0) is 14.8. The highest BCUT2D eigenvalue weighted by Crippen LogP contribution is 2.39. The molecule has 0 saturated heterocycles. The van der Waals surface area contributed by atoms with Crippen LogP contribution in [-0.2, 0) is 4.79 Å². The molecule has 1 fully saturated rings. The minimum Gasteiger partial charge on any atom is -0.426 e. The highest BCUT2D eigenvalue weighted by Gasteiger charge is 2.42. The molecule has 110 valence electrons. The van der Waals surface area contributed by atoms with Crippen molar-refractivity contribution in [2.75, 3.05) is 0 Å². The van der Waals surface area contributed by atoms with Crippen LogP contribution >= 0.6 is 0 Å². The van der Waals surface area contributed by atoms with Gasteiger partial charge < -0.3 is 4.74 Å². The van der Waals surface area contributed by atoms with E-state index >= 15 is 0 Å². The Hall–Kier alpha value is -1.59. The molecule has 0 N–H and O–H groups in total. The van der Waals surface area contributed by atoms with E-state index in [-0.39, 0.29) is 31.4 Å². The molecule has 0 aromatic heterocycles. The van der Waals surface area contributed by atoms with Crippen LogP contribution in [0.5, 0.6) is 5.75 Å². The molecule has 1 saturated carbocycles. The van der Waals surface area contributed by atoms with Crippen molar-refractivity contribution in [1.29, 1.82) is 0 Å². The molecule has 6 heteroatoms. The molecule has 0 aliphatic heterocycles. The maximum Gasteiger partial charge on any atom is 0.391 e. The number of benzene rings is 1. The monoisotopic (exact) mass is 290 g/mol. The van der Waals surface area contributed by atoms with E-state index < -0.39 is 29.8 Å². The molecule has 0 heterocycles. The van der Waals surface area contributed by atoms with Gasteiger partial charge in [-0.05, 0) is 49.9 Å². The van der Waals surface area contributed by atoms with E-state index in [2.05, 4.69) is 0 Å². The summed E-state index contributed by atoms with van der Waals surface area (Å²) in [5, 5.41) is 0. The zero-order valence-electron chi connectivity index (χ0n) is 10.6. The number of ether oxygens (including phenoxy) is 1. The number of hydrogen-bond donors (Lipinski definition) is 0. The van der Waals surface area contributed by atoms with Gasteiger partial charge in [-0.15, -0.1) is 0 Å². The summed E-state index contributed by atoms with van der Waals surface area (Å²) in [5.74, 6) is -2.63. The van der Waals surface area contributed by atoms with Crippen LogP contribution in [0.1, 0.15) is 25.7 Å². The lowest BCUT2D eigenvalue weighted by atomic mass is 9.82. The number of hydrogen-bond acceptors (Lipinski definition) is 2. The van der Waals surface area contributed by atoms with Gasteiger partial charge in [-0.3, -0.25) is 4.79 Å². The molecule has 1 aromatic carbocycles. The van der Waals surface area contributed by atoms with Crippen LogP contribution < -0.4 is 4.74 Å². The Kier molecular flexibility index (Phi) is 4.30. The Bertz CT molecular complexity index is 459. The largest absolute Gasteiger partial charge is 0.426 e. The van der Waals surface area contributed by atoms with Crippen LogP contribution in [0.25, 0.3) is 0 Å². The molecule has 1 aliphatic rings. The van der Waals surface area contributed by atoms with Gasteiger partial charge in [0, 0.05) is 0 Å². The summed E-state index contributed by atoms with van der Waals surface area (Å²) in [4.78, 5) is 11.8. The van der Waals surface area contributed by atoms with Crippen molar-refractivity contribution >= 4 is 5.97 Å². The smallest absolute Gasteiger partial charge is 0.391 e. The van der Waals surface area contributed by atoms with E-state index in [1.165, 1.54) is 12.1 Å². The predicted octanol–water partition coefficient (Wildman–Crippen LogP) is 4.10. The third kappa shape index (κ3) is 3.71. The van der Waals surface area contributed by atoms with Crippen molar-refractivity contribution in [2.24, 2.45) is 11.8 Å². The lowest BCUT2D eigenvalue weighted by molar-refractivity contribution is -0.185. The van der Waals surface area contributed by atoms with Gasteiger partial charge in [0.15, 0.2) is 0 Å². The fourth-order valence-electron chi connectivity index (χ4n) is 2.36. The van der Waals surface area contributed by atoms with Crippen molar-refractivity contribution in [3.8, 4) is 5.75 Å². The van der Waals surface area contributed by atoms with Crippen LogP contribution in [0.15, 0.2) is 24.3 Å². The second-order valence-electron chi connectivity index (χ2n) is 4.97. The van der Waals surface area contributed by atoms with E-state index in [9.17, 15) is 22.4 Å².